The van der Waals surface area contributed by atoms with Gasteiger partial charge in [-0.15, -0.1) is 0 Å². The molecule has 1 saturated heterocycles. The fraction of sp³-hybridized carbons (Fsp3) is 0.412. The van der Waals surface area contributed by atoms with E-state index in [1.165, 1.54) is 0 Å². The molecule has 0 unspecified atom stereocenters. The molecule has 0 radical (unpaired) electrons. The van der Waals surface area contributed by atoms with Crippen LogP contribution in [0, 0.1) is 6.92 Å². The third-order valence-electron chi connectivity index (χ3n) is 3.96. The first-order chi connectivity index (χ1) is 11.7. The minimum atomic E-state index is -0.220. The number of nitrogens with one attached hydrogen (secondary N) is 1. The number of hydrogen-bond donors (Lipinski definition) is 1. The standard InChI is InChI=1S/C17H21N5O2/c1-12-19-8-6-16(21-12)22-9-3-4-14(11-22)24-13-5-7-20-15(10-13)17(23)18-2/h5-8,10,14H,3-4,9,11H2,1-2H3,(H,18,23)/t14-/m1/s1. The first-order valence-electron chi connectivity index (χ1n) is 8.05. The number of aromatic nitrogens is 3. The molecule has 1 aliphatic heterocycles. The number of piperidine rings is 1. The molecule has 3 heterocycles. The molecule has 2 aromatic heterocycles. The van der Waals surface area contributed by atoms with E-state index >= 15 is 0 Å². The van der Waals surface area contributed by atoms with E-state index in [2.05, 4.69) is 25.2 Å². The molecule has 0 bridgehead atoms. The Balaban J connectivity index is 1.68. The van der Waals surface area contributed by atoms with Crippen molar-refractivity contribution < 1.29 is 9.53 Å². The predicted molar refractivity (Wildman–Crippen MR) is 90.3 cm³/mol. The van der Waals surface area contributed by atoms with Crippen LogP contribution in [-0.4, -0.2) is 47.1 Å². The first kappa shape index (κ1) is 16.2. The predicted octanol–water partition coefficient (Wildman–Crippen LogP) is 1.59. The summed E-state index contributed by atoms with van der Waals surface area (Å²) in [4.78, 5) is 26.6. The molecule has 0 spiro atoms. The molecule has 7 nitrogen and oxygen atoms in total. The van der Waals surface area contributed by atoms with Gasteiger partial charge in [0.25, 0.3) is 5.91 Å². The second-order valence-corrected chi connectivity index (χ2v) is 5.75. The second kappa shape index (κ2) is 7.25. The van der Waals surface area contributed by atoms with Gasteiger partial charge in [-0.3, -0.25) is 9.78 Å². The van der Waals surface area contributed by atoms with Gasteiger partial charge in [0, 0.05) is 32.1 Å². The van der Waals surface area contributed by atoms with Gasteiger partial charge in [0.2, 0.25) is 0 Å². The van der Waals surface area contributed by atoms with Gasteiger partial charge in [0.1, 0.15) is 29.2 Å². The lowest BCUT2D eigenvalue weighted by Crippen LogP contribution is -2.41. The Morgan fingerprint density at radius 2 is 2.17 bits per heavy atom. The van der Waals surface area contributed by atoms with Crippen LogP contribution in [0.1, 0.15) is 29.2 Å². The Morgan fingerprint density at radius 3 is 2.96 bits per heavy atom. The van der Waals surface area contributed by atoms with E-state index in [-0.39, 0.29) is 12.0 Å². The molecular formula is C17H21N5O2. The summed E-state index contributed by atoms with van der Waals surface area (Å²) in [6.45, 7) is 3.60. The van der Waals surface area contributed by atoms with Crippen molar-refractivity contribution >= 4 is 11.7 Å². The number of hydrogen-bond acceptors (Lipinski definition) is 6. The monoisotopic (exact) mass is 327 g/mol. The van der Waals surface area contributed by atoms with Crippen LogP contribution in [-0.2, 0) is 0 Å². The highest BCUT2D eigenvalue weighted by Gasteiger charge is 2.22. The number of carbonyl (C=O) groups excluding carboxylic acids is 1. The molecule has 1 N–H and O–H groups in total. The van der Waals surface area contributed by atoms with Crippen molar-refractivity contribution in [1.29, 1.82) is 0 Å². The Kier molecular flexibility index (Phi) is 4.88. The Morgan fingerprint density at radius 1 is 1.33 bits per heavy atom. The number of nitrogens with zero attached hydrogens (tertiary/aromatic N) is 4. The van der Waals surface area contributed by atoms with Crippen molar-refractivity contribution in [3.63, 3.8) is 0 Å². The molecule has 3 rings (SSSR count). The molecular weight excluding hydrogens is 306 g/mol. The summed E-state index contributed by atoms with van der Waals surface area (Å²) in [7, 11) is 1.58. The zero-order valence-electron chi connectivity index (χ0n) is 13.9. The Bertz CT molecular complexity index is 722. The number of amides is 1. The average Bonchev–Trinajstić information content (AvgIpc) is 2.61. The van der Waals surface area contributed by atoms with Gasteiger partial charge in [-0.05, 0) is 31.9 Å². The normalized spacial score (nSPS) is 17.4. The molecule has 1 aliphatic rings. The van der Waals surface area contributed by atoms with Crippen molar-refractivity contribution in [2.45, 2.75) is 25.9 Å². The molecule has 24 heavy (non-hydrogen) atoms. The summed E-state index contributed by atoms with van der Waals surface area (Å²) >= 11 is 0. The van der Waals surface area contributed by atoms with Gasteiger partial charge in [0.15, 0.2) is 0 Å². The Labute approximate surface area is 141 Å². The summed E-state index contributed by atoms with van der Waals surface area (Å²) < 4.78 is 6.07. The van der Waals surface area contributed by atoms with Gasteiger partial charge in [-0.1, -0.05) is 0 Å². The summed E-state index contributed by atoms with van der Waals surface area (Å²) in [5, 5.41) is 2.57. The third kappa shape index (κ3) is 3.79. The fourth-order valence-electron chi connectivity index (χ4n) is 2.79. The molecule has 126 valence electrons. The van der Waals surface area contributed by atoms with E-state index in [0.717, 1.165) is 37.6 Å². The molecule has 0 aliphatic carbocycles. The van der Waals surface area contributed by atoms with E-state index in [1.807, 2.05) is 13.0 Å². The maximum Gasteiger partial charge on any atom is 0.269 e. The fourth-order valence-corrected chi connectivity index (χ4v) is 2.79. The molecule has 2 aromatic rings. The molecule has 0 aromatic carbocycles. The van der Waals surface area contributed by atoms with Crippen LogP contribution in [0.25, 0.3) is 0 Å². The SMILES string of the molecule is CNC(=O)c1cc(O[C@@H]2CCCN(c3ccnc(C)n3)C2)ccn1. The summed E-state index contributed by atoms with van der Waals surface area (Å²) in [6.07, 6.45) is 5.42. The number of rotatable bonds is 4. The van der Waals surface area contributed by atoms with Crippen LogP contribution in [0.2, 0.25) is 0 Å². The van der Waals surface area contributed by atoms with Crippen molar-refractivity contribution in [2.24, 2.45) is 0 Å². The molecule has 7 heteroatoms. The maximum absolute atomic E-state index is 11.7. The summed E-state index contributed by atoms with van der Waals surface area (Å²) in [5.74, 6) is 2.13. The smallest absolute Gasteiger partial charge is 0.269 e. The van der Waals surface area contributed by atoms with E-state index in [0.29, 0.717) is 11.4 Å². The lowest BCUT2D eigenvalue weighted by molar-refractivity contribution is 0.0957. The van der Waals surface area contributed by atoms with Gasteiger partial charge < -0.3 is 15.0 Å². The van der Waals surface area contributed by atoms with Gasteiger partial charge in [-0.25, -0.2) is 9.97 Å². The molecule has 0 saturated carbocycles. The quantitative estimate of drug-likeness (QED) is 0.918. The minimum Gasteiger partial charge on any atom is -0.488 e. The van der Waals surface area contributed by atoms with E-state index < -0.39 is 0 Å². The number of ether oxygens (including phenoxy) is 1. The molecule has 1 amide bonds. The zero-order chi connectivity index (χ0) is 16.9. The number of anilines is 1. The van der Waals surface area contributed by atoms with Gasteiger partial charge >= 0.3 is 0 Å². The molecule has 1 atom stereocenters. The van der Waals surface area contributed by atoms with Crippen LogP contribution in [0.15, 0.2) is 30.6 Å². The van der Waals surface area contributed by atoms with Crippen LogP contribution in [0.3, 0.4) is 0 Å². The minimum absolute atomic E-state index is 0.0500. The van der Waals surface area contributed by atoms with Crippen molar-refractivity contribution in [2.75, 3.05) is 25.0 Å². The summed E-state index contributed by atoms with van der Waals surface area (Å²) in [6, 6.07) is 5.37. The average molecular weight is 327 g/mol. The van der Waals surface area contributed by atoms with Gasteiger partial charge in [0.05, 0.1) is 6.54 Å². The third-order valence-corrected chi connectivity index (χ3v) is 3.96. The van der Waals surface area contributed by atoms with Crippen LogP contribution < -0.4 is 15.0 Å². The second-order valence-electron chi connectivity index (χ2n) is 5.75. The topological polar surface area (TPSA) is 80.2 Å². The lowest BCUT2D eigenvalue weighted by atomic mass is 10.1. The van der Waals surface area contributed by atoms with Crippen LogP contribution in [0.5, 0.6) is 5.75 Å². The lowest BCUT2D eigenvalue weighted by Gasteiger charge is -2.33. The highest BCUT2D eigenvalue weighted by Crippen LogP contribution is 2.22. The highest BCUT2D eigenvalue weighted by atomic mass is 16.5. The van der Waals surface area contributed by atoms with Gasteiger partial charge in [-0.2, -0.15) is 0 Å². The zero-order valence-corrected chi connectivity index (χ0v) is 13.9. The van der Waals surface area contributed by atoms with Crippen LogP contribution in [0.4, 0.5) is 5.82 Å². The van der Waals surface area contributed by atoms with E-state index in [9.17, 15) is 4.79 Å². The van der Waals surface area contributed by atoms with E-state index in [4.69, 9.17) is 4.74 Å². The number of pyridine rings is 1. The first-order valence-corrected chi connectivity index (χ1v) is 8.05. The largest absolute Gasteiger partial charge is 0.488 e. The highest BCUT2D eigenvalue weighted by molar-refractivity contribution is 5.92. The van der Waals surface area contributed by atoms with Crippen LogP contribution >= 0.6 is 0 Å². The van der Waals surface area contributed by atoms with E-state index in [1.54, 1.807) is 31.6 Å². The number of aryl methyl sites for hydroxylation is 1. The van der Waals surface area contributed by atoms with Crippen molar-refractivity contribution in [1.82, 2.24) is 20.3 Å². The summed E-state index contributed by atoms with van der Waals surface area (Å²) in [5.41, 5.74) is 0.356. The maximum atomic E-state index is 11.7. The number of carbonyl (C=O) groups is 1. The Hall–Kier alpha value is -2.70. The molecule has 1 fully saturated rings. The van der Waals surface area contributed by atoms with Crippen molar-refractivity contribution in [3.8, 4) is 5.75 Å². The van der Waals surface area contributed by atoms with Crippen molar-refractivity contribution in [3.05, 3.63) is 42.1 Å².